The summed E-state index contributed by atoms with van der Waals surface area (Å²) < 4.78 is 33.7. The number of piperidine rings is 1. The highest BCUT2D eigenvalue weighted by molar-refractivity contribution is 5.89. The quantitative estimate of drug-likeness (QED) is 0.402. The lowest BCUT2D eigenvalue weighted by atomic mass is 9.59. The van der Waals surface area contributed by atoms with E-state index in [9.17, 15) is 18.7 Å². The summed E-state index contributed by atoms with van der Waals surface area (Å²) in [4.78, 5) is 17.2. The Morgan fingerprint density at radius 2 is 2.06 bits per heavy atom. The summed E-state index contributed by atoms with van der Waals surface area (Å²) in [5, 5.41) is 13.7. The number of nitrogens with one attached hydrogen (secondary N) is 2. The van der Waals surface area contributed by atoms with Crippen LogP contribution in [0.25, 0.3) is 10.9 Å². The van der Waals surface area contributed by atoms with E-state index < -0.39 is 11.9 Å². The number of ether oxygens (including phenoxy) is 1. The highest BCUT2D eigenvalue weighted by atomic mass is 19.3. The summed E-state index contributed by atoms with van der Waals surface area (Å²) in [6.07, 6.45) is 3.08. The third-order valence-corrected chi connectivity index (χ3v) is 7.88. The molecule has 1 aliphatic heterocycles. The number of likely N-dealkylation sites (tertiary alicyclic amines) is 1. The number of carboxylic acids is 1. The molecule has 2 aliphatic rings. The standard InChI is InChI=1S/C27H31F2N3O3/c1-16-10-23(35-3)20(18-6-8-31-24(16)18)13-32-9-7-26(14-27(28,29)15-26)12-22(32)19-5-4-17(25(33)34)11-21(19)30-2/h4-6,8,10-11,22,30-31H,7,9,12-15H2,1-3H3,(H,33,34). The Hall–Kier alpha value is -3.13. The van der Waals surface area contributed by atoms with Gasteiger partial charge >= 0.3 is 5.97 Å². The van der Waals surface area contributed by atoms with Crippen molar-refractivity contribution in [2.24, 2.45) is 5.41 Å². The molecule has 3 aromatic rings. The molecule has 6 nitrogen and oxygen atoms in total. The molecule has 1 spiro atoms. The van der Waals surface area contributed by atoms with Crippen molar-refractivity contribution in [1.82, 2.24) is 9.88 Å². The average molecular weight is 484 g/mol. The Morgan fingerprint density at radius 3 is 2.71 bits per heavy atom. The van der Waals surface area contributed by atoms with Crippen LogP contribution in [0.2, 0.25) is 0 Å². The Kier molecular flexibility index (Phi) is 5.74. The number of carboxylic acid groups (broad SMARTS) is 1. The molecule has 2 heterocycles. The number of H-pyrrole nitrogens is 1. The van der Waals surface area contributed by atoms with Gasteiger partial charge in [0.05, 0.1) is 12.7 Å². The number of fused-ring (bicyclic) bond motifs is 1. The molecule has 5 rings (SSSR count). The first-order valence-corrected chi connectivity index (χ1v) is 12.0. The van der Waals surface area contributed by atoms with Crippen LogP contribution in [0.1, 0.15) is 58.8 Å². The topological polar surface area (TPSA) is 77.6 Å². The number of halogens is 2. The van der Waals surface area contributed by atoms with Crippen molar-refractivity contribution in [3.8, 4) is 5.75 Å². The van der Waals surface area contributed by atoms with Crippen molar-refractivity contribution in [2.75, 3.05) is 26.0 Å². The highest BCUT2D eigenvalue weighted by Crippen LogP contribution is 2.61. The number of aryl methyl sites for hydroxylation is 1. The smallest absolute Gasteiger partial charge is 0.335 e. The lowest BCUT2D eigenvalue weighted by molar-refractivity contribution is -0.186. The van der Waals surface area contributed by atoms with Gasteiger partial charge in [-0.15, -0.1) is 0 Å². The summed E-state index contributed by atoms with van der Waals surface area (Å²) >= 11 is 0. The molecule has 3 N–H and O–H groups in total. The van der Waals surface area contributed by atoms with Crippen molar-refractivity contribution >= 4 is 22.6 Å². The van der Waals surface area contributed by atoms with Gasteiger partial charge < -0.3 is 20.1 Å². The molecular formula is C27H31F2N3O3. The van der Waals surface area contributed by atoms with Crippen LogP contribution in [-0.2, 0) is 6.54 Å². The van der Waals surface area contributed by atoms with Crippen LogP contribution in [-0.4, -0.2) is 47.6 Å². The molecule has 1 unspecified atom stereocenters. The zero-order valence-electron chi connectivity index (χ0n) is 20.3. The molecule has 1 aromatic heterocycles. The minimum absolute atomic E-state index is 0.0810. The van der Waals surface area contributed by atoms with Crippen molar-refractivity contribution in [2.45, 2.75) is 51.1 Å². The minimum Gasteiger partial charge on any atom is -0.496 e. The van der Waals surface area contributed by atoms with Gasteiger partial charge in [-0.3, -0.25) is 4.90 Å². The highest BCUT2D eigenvalue weighted by Gasteiger charge is 2.58. The Labute approximate surface area is 203 Å². The number of nitrogens with zero attached hydrogens (tertiary/aromatic N) is 1. The van der Waals surface area contributed by atoms with Crippen LogP contribution in [0.4, 0.5) is 14.5 Å². The molecule has 2 fully saturated rings. The van der Waals surface area contributed by atoms with Gasteiger partial charge in [0.2, 0.25) is 5.92 Å². The Bertz CT molecular complexity index is 1280. The summed E-state index contributed by atoms with van der Waals surface area (Å²) in [6, 6.07) is 9.01. The molecule has 2 aromatic carbocycles. The maximum atomic E-state index is 14.0. The van der Waals surface area contributed by atoms with Crippen LogP contribution in [0.3, 0.4) is 0 Å². The van der Waals surface area contributed by atoms with Crippen molar-refractivity contribution in [3.63, 3.8) is 0 Å². The van der Waals surface area contributed by atoms with Crippen molar-refractivity contribution in [3.05, 3.63) is 58.8 Å². The van der Waals surface area contributed by atoms with Crippen LogP contribution in [0, 0.1) is 12.3 Å². The van der Waals surface area contributed by atoms with E-state index in [1.165, 1.54) is 0 Å². The van der Waals surface area contributed by atoms with Gasteiger partial charge in [0.25, 0.3) is 0 Å². The van der Waals surface area contributed by atoms with Crippen LogP contribution in [0.15, 0.2) is 36.5 Å². The number of carbonyl (C=O) groups is 1. The van der Waals surface area contributed by atoms with Crippen LogP contribution in [0.5, 0.6) is 5.75 Å². The molecule has 1 aliphatic carbocycles. The third-order valence-electron chi connectivity index (χ3n) is 7.88. The normalized spacial score (nSPS) is 21.1. The van der Waals surface area contributed by atoms with E-state index in [1.807, 2.05) is 31.3 Å². The van der Waals surface area contributed by atoms with Gasteiger partial charge in [-0.1, -0.05) is 6.07 Å². The largest absolute Gasteiger partial charge is 0.496 e. The lowest BCUT2D eigenvalue weighted by Gasteiger charge is -2.55. The van der Waals surface area contributed by atoms with Crippen LogP contribution >= 0.6 is 0 Å². The van der Waals surface area contributed by atoms with E-state index in [0.717, 1.165) is 33.3 Å². The Morgan fingerprint density at radius 1 is 1.29 bits per heavy atom. The monoisotopic (exact) mass is 483 g/mol. The minimum atomic E-state index is -2.59. The maximum absolute atomic E-state index is 14.0. The zero-order chi connectivity index (χ0) is 25.0. The number of aromatic carboxylic acids is 1. The van der Waals surface area contributed by atoms with Crippen molar-refractivity contribution < 1.29 is 23.4 Å². The summed E-state index contributed by atoms with van der Waals surface area (Å²) in [7, 11) is 3.43. The lowest BCUT2D eigenvalue weighted by Crippen LogP contribution is -2.53. The second-order valence-corrected chi connectivity index (χ2v) is 10.1. The predicted octanol–water partition coefficient (Wildman–Crippen LogP) is 5.98. The number of aromatic nitrogens is 1. The molecule has 0 amide bonds. The number of benzene rings is 2. The molecule has 0 radical (unpaired) electrons. The summed E-state index contributed by atoms with van der Waals surface area (Å²) in [6.45, 7) is 3.31. The number of methoxy groups -OCH3 is 1. The average Bonchev–Trinajstić information content (AvgIpc) is 3.30. The van der Waals surface area contributed by atoms with E-state index in [2.05, 4.69) is 15.2 Å². The fourth-order valence-electron chi connectivity index (χ4n) is 6.22. The fraction of sp³-hybridized carbons (Fsp3) is 0.444. The number of hydrogen-bond acceptors (Lipinski definition) is 4. The van der Waals surface area contributed by atoms with Gasteiger partial charge in [-0.25, -0.2) is 13.6 Å². The summed E-state index contributed by atoms with van der Waals surface area (Å²) in [5.74, 6) is -2.79. The van der Waals surface area contributed by atoms with E-state index in [4.69, 9.17) is 4.74 Å². The van der Waals surface area contributed by atoms with Gasteiger partial charge in [-0.2, -0.15) is 0 Å². The second-order valence-electron chi connectivity index (χ2n) is 10.1. The molecule has 186 valence electrons. The molecule has 1 atom stereocenters. The number of aromatic amines is 1. The first kappa shape index (κ1) is 23.6. The van der Waals surface area contributed by atoms with Crippen molar-refractivity contribution in [1.29, 1.82) is 0 Å². The molecular weight excluding hydrogens is 452 g/mol. The number of rotatable bonds is 6. The predicted molar refractivity (Wildman–Crippen MR) is 132 cm³/mol. The maximum Gasteiger partial charge on any atom is 0.335 e. The zero-order valence-corrected chi connectivity index (χ0v) is 20.3. The van der Waals surface area contributed by atoms with Crippen LogP contribution < -0.4 is 10.1 Å². The van der Waals surface area contributed by atoms with Gasteiger partial charge in [0, 0.05) is 60.8 Å². The molecule has 1 saturated carbocycles. The van der Waals surface area contributed by atoms with Gasteiger partial charge in [0.1, 0.15) is 5.75 Å². The molecule has 0 bridgehead atoms. The summed E-state index contributed by atoms with van der Waals surface area (Å²) in [5.41, 5.74) is 4.67. The van der Waals surface area contributed by atoms with Gasteiger partial charge in [-0.05, 0) is 67.1 Å². The first-order valence-electron chi connectivity index (χ1n) is 12.0. The third kappa shape index (κ3) is 4.14. The molecule has 35 heavy (non-hydrogen) atoms. The first-order chi connectivity index (χ1) is 16.6. The fourth-order valence-corrected chi connectivity index (χ4v) is 6.22. The van der Waals surface area contributed by atoms with E-state index in [0.29, 0.717) is 31.6 Å². The van der Waals surface area contributed by atoms with Gasteiger partial charge in [0.15, 0.2) is 0 Å². The number of alkyl halides is 2. The Balaban J connectivity index is 1.56. The van der Waals surface area contributed by atoms with E-state index in [-0.39, 0.29) is 29.9 Å². The number of hydrogen-bond donors (Lipinski definition) is 3. The second kappa shape index (κ2) is 8.52. The SMILES string of the molecule is CNc1cc(C(=O)O)ccc1C1CC2(CCN1Cc1c(OC)cc(C)c3[nH]ccc13)CC(F)(F)C2. The molecule has 1 saturated heterocycles. The van der Waals surface area contributed by atoms with E-state index >= 15 is 0 Å². The number of anilines is 1. The molecule has 8 heteroatoms. The van der Waals surface area contributed by atoms with E-state index in [1.54, 1.807) is 26.3 Å².